The van der Waals surface area contributed by atoms with E-state index in [1.54, 1.807) is 0 Å². The van der Waals surface area contributed by atoms with Crippen LogP contribution in [0.3, 0.4) is 0 Å². The van der Waals surface area contributed by atoms with Crippen molar-refractivity contribution >= 4 is 5.91 Å². The maximum Gasteiger partial charge on any atom is 0.389 e. The van der Waals surface area contributed by atoms with Crippen LogP contribution in [0.1, 0.15) is 25.7 Å². The lowest BCUT2D eigenvalue weighted by atomic mass is 10.1. The number of aliphatic hydroxyl groups excluding tert-OH is 1. The van der Waals surface area contributed by atoms with Crippen LogP contribution < -0.4 is 0 Å². The van der Waals surface area contributed by atoms with Crippen molar-refractivity contribution < 1.29 is 23.1 Å². The molecule has 16 heavy (non-hydrogen) atoms. The van der Waals surface area contributed by atoms with Crippen molar-refractivity contribution in [3.05, 3.63) is 0 Å². The van der Waals surface area contributed by atoms with Gasteiger partial charge in [-0.3, -0.25) is 4.79 Å². The molecule has 1 aliphatic rings. The molecule has 1 fully saturated rings. The third-order valence-electron chi connectivity index (χ3n) is 2.80. The molecule has 6 heteroatoms. The number of hydrogen-bond donors (Lipinski definition) is 1. The van der Waals surface area contributed by atoms with Gasteiger partial charge in [0.05, 0.1) is 6.42 Å². The quantitative estimate of drug-likeness (QED) is 0.808. The predicted molar refractivity (Wildman–Crippen MR) is 51.7 cm³/mol. The summed E-state index contributed by atoms with van der Waals surface area (Å²) in [7, 11) is 0. The first kappa shape index (κ1) is 13.3. The normalized spacial score (nSPS) is 21.5. The van der Waals surface area contributed by atoms with E-state index in [0.29, 0.717) is 19.5 Å². The second-order valence-electron chi connectivity index (χ2n) is 4.12. The van der Waals surface area contributed by atoms with Gasteiger partial charge in [0, 0.05) is 26.1 Å². The summed E-state index contributed by atoms with van der Waals surface area (Å²) < 4.78 is 35.7. The fourth-order valence-electron chi connectivity index (χ4n) is 1.88. The zero-order chi connectivity index (χ0) is 12.2. The van der Waals surface area contributed by atoms with Crippen LogP contribution in [0, 0.1) is 5.92 Å². The summed E-state index contributed by atoms with van der Waals surface area (Å²) >= 11 is 0. The lowest BCUT2D eigenvalue weighted by Gasteiger charge is -2.16. The highest BCUT2D eigenvalue weighted by atomic mass is 19.4. The molecule has 1 unspecified atom stereocenters. The van der Waals surface area contributed by atoms with E-state index in [1.807, 2.05) is 0 Å². The molecule has 0 spiro atoms. The van der Waals surface area contributed by atoms with E-state index in [4.69, 9.17) is 5.11 Å². The Morgan fingerprint density at radius 1 is 1.44 bits per heavy atom. The molecule has 1 amide bonds. The molecule has 0 aromatic rings. The first-order valence-corrected chi connectivity index (χ1v) is 5.38. The molecule has 0 aromatic heterocycles. The minimum absolute atomic E-state index is 0.0647. The monoisotopic (exact) mass is 239 g/mol. The first-order valence-electron chi connectivity index (χ1n) is 5.38. The van der Waals surface area contributed by atoms with Crippen molar-refractivity contribution in [2.24, 2.45) is 5.92 Å². The molecule has 94 valence electrons. The van der Waals surface area contributed by atoms with Gasteiger partial charge in [0.1, 0.15) is 0 Å². The van der Waals surface area contributed by atoms with Gasteiger partial charge in [-0.2, -0.15) is 13.2 Å². The molecule has 1 rings (SSSR count). The molecule has 0 aliphatic carbocycles. The predicted octanol–water partition coefficient (Wildman–Crippen LogP) is 1.56. The maximum absolute atomic E-state index is 11.9. The third kappa shape index (κ3) is 4.38. The molecular weight excluding hydrogens is 223 g/mol. The smallest absolute Gasteiger partial charge is 0.389 e. The second-order valence-corrected chi connectivity index (χ2v) is 4.12. The zero-order valence-corrected chi connectivity index (χ0v) is 8.96. The molecule has 1 atom stereocenters. The van der Waals surface area contributed by atoms with Crippen LogP contribution in [0.5, 0.6) is 0 Å². The molecule has 0 bridgehead atoms. The van der Waals surface area contributed by atoms with Gasteiger partial charge in [-0.1, -0.05) is 0 Å². The van der Waals surface area contributed by atoms with E-state index >= 15 is 0 Å². The van der Waals surface area contributed by atoms with E-state index in [2.05, 4.69) is 0 Å². The Bertz CT molecular complexity index is 243. The molecule has 3 nitrogen and oxygen atoms in total. The maximum atomic E-state index is 11.9. The number of rotatable bonds is 4. The number of likely N-dealkylation sites (tertiary alicyclic amines) is 1. The average molecular weight is 239 g/mol. The van der Waals surface area contributed by atoms with Gasteiger partial charge in [-0.25, -0.2) is 0 Å². The standard InChI is InChI=1S/C10H16F3NO2/c11-10(12,13)4-1-9(16)14-5-2-8(7-14)3-6-15/h8,15H,1-7H2. The van der Waals surface area contributed by atoms with E-state index in [9.17, 15) is 18.0 Å². The highest BCUT2D eigenvalue weighted by molar-refractivity contribution is 5.76. The van der Waals surface area contributed by atoms with Crippen LogP contribution in [0.4, 0.5) is 13.2 Å². The average Bonchev–Trinajstić information content (AvgIpc) is 2.62. The molecule has 1 N–H and O–H groups in total. The fourth-order valence-corrected chi connectivity index (χ4v) is 1.88. The Hall–Kier alpha value is -0.780. The largest absolute Gasteiger partial charge is 0.396 e. The Balaban J connectivity index is 2.28. The van der Waals surface area contributed by atoms with Gasteiger partial charge in [0.2, 0.25) is 5.91 Å². The van der Waals surface area contributed by atoms with Gasteiger partial charge in [0.15, 0.2) is 0 Å². The van der Waals surface area contributed by atoms with E-state index in [0.717, 1.165) is 6.42 Å². The second kappa shape index (κ2) is 5.52. The number of carbonyl (C=O) groups is 1. The number of halogens is 3. The minimum atomic E-state index is -4.26. The van der Waals surface area contributed by atoms with Crippen LogP contribution in [-0.4, -0.2) is 41.8 Å². The van der Waals surface area contributed by atoms with Crippen LogP contribution in [0.2, 0.25) is 0 Å². The zero-order valence-electron chi connectivity index (χ0n) is 8.96. The Morgan fingerprint density at radius 3 is 2.69 bits per heavy atom. The summed E-state index contributed by atoms with van der Waals surface area (Å²) in [5.41, 5.74) is 0. The Kier molecular flexibility index (Phi) is 4.58. The molecule has 0 aromatic carbocycles. The van der Waals surface area contributed by atoms with Crippen LogP contribution in [0.15, 0.2) is 0 Å². The van der Waals surface area contributed by atoms with Gasteiger partial charge in [-0.05, 0) is 18.8 Å². The number of alkyl halides is 3. The van der Waals surface area contributed by atoms with Gasteiger partial charge in [0.25, 0.3) is 0 Å². The number of amides is 1. The van der Waals surface area contributed by atoms with E-state index < -0.39 is 24.9 Å². The van der Waals surface area contributed by atoms with Crippen molar-refractivity contribution in [3.63, 3.8) is 0 Å². The number of nitrogens with zero attached hydrogens (tertiary/aromatic N) is 1. The van der Waals surface area contributed by atoms with Crippen LogP contribution >= 0.6 is 0 Å². The lowest BCUT2D eigenvalue weighted by molar-refractivity contribution is -0.148. The summed E-state index contributed by atoms with van der Waals surface area (Å²) in [6.45, 7) is 1.06. The third-order valence-corrected chi connectivity index (χ3v) is 2.80. The van der Waals surface area contributed by atoms with Crippen molar-refractivity contribution in [1.29, 1.82) is 0 Å². The van der Waals surface area contributed by atoms with Gasteiger partial charge in [-0.15, -0.1) is 0 Å². The molecule has 0 radical (unpaired) electrons. The van der Waals surface area contributed by atoms with E-state index in [-0.39, 0.29) is 12.5 Å². The van der Waals surface area contributed by atoms with Gasteiger partial charge >= 0.3 is 6.18 Å². The first-order chi connectivity index (χ1) is 7.42. The molecule has 1 saturated heterocycles. The van der Waals surface area contributed by atoms with Gasteiger partial charge < -0.3 is 10.0 Å². The minimum Gasteiger partial charge on any atom is -0.396 e. The van der Waals surface area contributed by atoms with Crippen LogP contribution in [-0.2, 0) is 4.79 Å². The molecule has 1 heterocycles. The highest BCUT2D eigenvalue weighted by Crippen LogP contribution is 2.24. The molecule has 0 saturated carbocycles. The van der Waals surface area contributed by atoms with Crippen molar-refractivity contribution in [3.8, 4) is 0 Å². The summed E-state index contributed by atoms with van der Waals surface area (Å²) in [5, 5.41) is 8.71. The number of hydrogen-bond acceptors (Lipinski definition) is 2. The molecule has 1 aliphatic heterocycles. The number of carbonyl (C=O) groups excluding carboxylic acids is 1. The lowest BCUT2D eigenvalue weighted by Crippen LogP contribution is -2.29. The van der Waals surface area contributed by atoms with Crippen LogP contribution in [0.25, 0.3) is 0 Å². The Labute approximate surface area is 92.2 Å². The topological polar surface area (TPSA) is 40.5 Å². The summed E-state index contributed by atoms with van der Waals surface area (Å²) in [4.78, 5) is 12.9. The summed E-state index contributed by atoms with van der Waals surface area (Å²) in [6, 6.07) is 0. The Morgan fingerprint density at radius 2 is 2.12 bits per heavy atom. The number of aliphatic hydroxyl groups is 1. The van der Waals surface area contributed by atoms with Crippen molar-refractivity contribution in [2.75, 3.05) is 19.7 Å². The SMILES string of the molecule is O=C(CCC(F)(F)F)N1CCC(CCO)C1. The van der Waals surface area contributed by atoms with Crippen molar-refractivity contribution in [1.82, 2.24) is 4.90 Å². The van der Waals surface area contributed by atoms with E-state index in [1.165, 1.54) is 4.90 Å². The summed E-state index contributed by atoms with van der Waals surface area (Å²) in [6.07, 6.45) is -4.39. The fraction of sp³-hybridized carbons (Fsp3) is 0.900. The summed E-state index contributed by atoms with van der Waals surface area (Å²) in [5.74, 6) is -0.197. The highest BCUT2D eigenvalue weighted by Gasteiger charge is 2.31. The van der Waals surface area contributed by atoms with Crippen molar-refractivity contribution in [2.45, 2.75) is 31.9 Å². The molecular formula is C10H16F3NO2.